The van der Waals surface area contributed by atoms with Crippen molar-refractivity contribution in [2.24, 2.45) is 0 Å². The lowest BCUT2D eigenvalue weighted by Gasteiger charge is -2.19. The van der Waals surface area contributed by atoms with Gasteiger partial charge in [-0.15, -0.1) is 0 Å². The molecule has 10 heteroatoms. The zero-order chi connectivity index (χ0) is 12.3. The van der Waals surface area contributed by atoms with E-state index >= 15 is 0 Å². The summed E-state index contributed by atoms with van der Waals surface area (Å²) in [6.07, 6.45) is -2.20. The largest absolute Gasteiger partial charge is 0.397 e. The Kier molecular flexibility index (Phi) is 4.43. The quantitative estimate of drug-likeness (QED) is 0.578. The van der Waals surface area contributed by atoms with Gasteiger partial charge in [-0.25, -0.2) is 26.1 Å². The minimum Gasteiger partial charge on any atom is -0.264 e. The zero-order valence-electron chi connectivity index (χ0n) is 7.09. The number of hydrogen-bond acceptors (Lipinski definition) is 3. The Morgan fingerprint density at radius 2 is 1.60 bits per heavy atom. The molecule has 0 fully saturated rings. The van der Waals surface area contributed by atoms with Gasteiger partial charge in [0.05, 0.1) is 6.42 Å². The van der Waals surface area contributed by atoms with Gasteiger partial charge in [0.2, 0.25) is 0 Å². The lowest BCUT2D eigenvalue weighted by Crippen LogP contribution is -2.35. The monoisotopic (exact) mass is 258 g/mol. The number of halogens is 5. The van der Waals surface area contributed by atoms with Crippen molar-refractivity contribution < 1.29 is 39.1 Å². The maximum atomic E-state index is 12.5. The second-order valence-corrected chi connectivity index (χ2v) is 3.80. The van der Waals surface area contributed by atoms with E-state index in [1.54, 1.807) is 0 Å². The fraction of sp³-hybridized carbons (Fsp3) is 1.00. The van der Waals surface area contributed by atoms with E-state index in [2.05, 4.69) is 4.18 Å². The normalized spacial score (nSPS) is 14.3. The second-order valence-electron chi connectivity index (χ2n) is 2.71. The van der Waals surface area contributed by atoms with E-state index < -0.39 is 41.9 Å². The van der Waals surface area contributed by atoms with Crippen molar-refractivity contribution in [2.45, 2.75) is 18.3 Å². The van der Waals surface area contributed by atoms with E-state index in [0.29, 0.717) is 0 Å². The van der Waals surface area contributed by atoms with E-state index in [0.717, 1.165) is 0 Å². The molecule has 0 bridgehead atoms. The fourth-order valence-electron chi connectivity index (χ4n) is 0.637. The molecule has 15 heavy (non-hydrogen) atoms. The summed E-state index contributed by atoms with van der Waals surface area (Å²) in [5.41, 5.74) is 0. The first-order chi connectivity index (χ1) is 6.47. The van der Waals surface area contributed by atoms with Crippen LogP contribution >= 0.6 is 0 Å². The van der Waals surface area contributed by atoms with Crippen LogP contribution in [0.4, 0.5) is 22.0 Å². The summed E-state index contributed by atoms with van der Waals surface area (Å²) in [7, 11) is -5.14. The number of hydrogen-bond donors (Lipinski definition) is 1. The third-order valence-corrected chi connectivity index (χ3v) is 1.55. The van der Waals surface area contributed by atoms with Gasteiger partial charge in [-0.2, -0.15) is 8.42 Å². The third-order valence-electron chi connectivity index (χ3n) is 1.13. The average molecular weight is 258 g/mol. The van der Waals surface area contributed by atoms with Crippen LogP contribution < -0.4 is 0 Å². The van der Waals surface area contributed by atoms with Crippen LogP contribution in [0.15, 0.2) is 0 Å². The van der Waals surface area contributed by atoms with Crippen LogP contribution in [-0.4, -0.2) is 38.1 Å². The fourth-order valence-corrected chi connectivity index (χ4v) is 0.959. The Morgan fingerprint density at radius 1 is 1.13 bits per heavy atom. The molecule has 0 aliphatic heterocycles. The van der Waals surface area contributed by atoms with Crippen molar-refractivity contribution in [3.8, 4) is 0 Å². The van der Waals surface area contributed by atoms with E-state index in [1.165, 1.54) is 0 Å². The van der Waals surface area contributed by atoms with Gasteiger partial charge in [0, 0.05) is 0 Å². The molecule has 1 N–H and O–H groups in total. The molecule has 0 spiro atoms. The maximum Gasteiger partial charge on any atom is 0.397 e. The van der Waals surface area contributed by atoms with Crippen LogP contribution in [0, 0.1) is 0 Å². The van der Waals surface area contributed by atoms with Crippen molar-refractivity contribution in [3.63, 3.8) is 0 Å². The molecule has 0 heterocycles. The zero-order valence-corrected chi connectivity index (χ0v) is 7.91. The Hall–Kier alpha value is -0.480. The van der Waals surface area contributed by atoms with Crippen molar-refractivity contribution in [2.75, 3.05) is 13.3 Å². The van der Waals surface area contributed by atoms with Gasteiger partial charge in [0.1, 0.15) is 6.61 Å². The minimum atomic E-state index is -5.14. The predicted octanol–water partition coefficient (Wildman–Crippen LogP) is 1.44. The van der Waals surface area contributed by atoms with Crippen molar-refractivity contribution in [1.82, 2.24) is 0 Å². The molecule has 0 saturated carbocycles. The molecule has 0 amide bonds. The summed E-state index contributed by atoms with van der Waals surface area (Å²) in [5, 5.41) is 0. The van der Waals surface area contributed by atoms with Crippen LogP contribution in [0.3, 0.4) is 0 Å². The van der Waals surface area contributed by atoms with Crippen molar-refractivity contribution in [1.29, 1.82) is 0 Å². The van der Waals surface area contributed by atoms with Gasteiger partial charge < -0.3 is 0 Å². The molecular weight excluding hydrogens is 251 g/mol. The molecule has 4 nitrogen and oxygen atoms in total. The molecule has 0 aromatic carbocycles. The lowest BCUT2D eigenvalue weighted by molar-refractivity contribution is -0.134. The highest BCUT2D eigenvalue weighted by atomic mass is 32.3. The van der Waals surface area contributed by atoms with Gasteiger partial charge in [0.15, 0.2) is 6.67 Å². The molecule has 0 rings (SSSR count). The van der Waals surface area contributed by atoms with Crippen LogP contribution in [-0.2, 0) is 14.6 Å². The molecule has 0 radical (unpaired) electrons. The average Bonchev–Trinajstić information content (AvgIpc) is 1.98. The van der Waals surface area contributed by atoms with Crippen molar-refractivity contribution in [3.05, 3.63) is 0 Å². The Bertz CT molecular complexity index is 301. The van der Waals surface area contributed by atoms with Gasteiger partial charge in [-0.3, -0.25) is 4.55 Å². The maximum absolute atomic E-state index is 12.5. The van der Waals surface area contributed by atoms with Gasteiger partial charge in [-0.1, -0.05) is 0 Å². The van der Waals surface area contributed by atoms with Crippen LogP contribution in [0.5, 0.6) is 0 Å². The highest BCUT2D eigenvalue weighted by molar-refractivity contribution is 7.80. The van der Waals surface area contributed by atoms with Gasteiger partial charge in [0.25, 0.3) is 11.8 Å². The Balaban J connectivity index is 4.32. The topological polar surface area (TPSA) is 63.6 Å². The van der Waals surface area contributed by atoms with Crippen molar-refractivity contribution >= 4 is 10.4 Å². The molecule has 0 saturated heterocycles. The first kappa shape index (κ1) is 14.5. The predicted molar refractivity (Wildman–Crippen MR) is 38.0 cm³/mol. The lowest BCUT2D eigenvalue weighted by atomic mass is 10.1. The molecule has 0 aliphatic carbocycles. The Labute approximate surface area is 82.0 Å². The highest BCUT2D eigenvalue weighted by Crippen LogP contribution is 2.31. The molecule has 92 valence electrons. The summed E-state index contributed by atoms with van der Waals surface area (Å²) in [6, 6.07) is 0. The van der Waals surface area contributed by atoms with E-state index in [9.17, 15) is 30.4 Å². The summed E-state index contributed by atoms with van der Waals surface area (Å²) in [6.45, 7) is -4.27. The first-order valence-corrected chi connectivity index (χ1v) is 4.77. The van der Waals surface area contributed by atoms with Crippen LogP contribution in [0.2, 0.25) is 0 Å². The van der Waals surface area contributed by atoms with Gasteiger partial charge in [-0.05, 0) is 0 Å². The molecule has 0 aliphatic rings. The number of rotatable bonds is 6. The first-order valence-electron chi connectivity index (χ1n) is 3.41. The molecule has 0 aromatic heterocycles. The second kappa shape index (κ2) is 4.58. The molecule has 0 aromatic rings. The minimum absolute atomic E-state index is 1.97. The summed E-state index contributed by atoms with van der Waals surface area (Å²) in [4.78, 5) is 0. The summed E-state index contributed by atoms with van der Waals surface area (Å²) in [5.74, 6) is -8.53. The molecule has 0 unspecified atom stereocenters. The molecular formula is C5H7F5O4S. The third kappa shape index (κ3) is 7.45. The standard InChI is InChI=1S/C5H7F5O4S/c6-2-4(7,8)1-5(9,10)3-14-15(11,12)13/h1-3H2,(H,11,12,13). The summed E-state index contributed by atoms with van der Waals surface area (Å²) < 4.78 is 91.6. The Morgan fingerprint density at radius 3 is 1.93 bits per heavy atom. The van der Waals surface area contributed by atoms with Gasteiger partial charge >= 0.3 is 10.4 Å². The molecule has 0 atom stereocenters. The SMILES string of the molecule is O=S(=O)(O)OCC(F)(F)CC(F)(F)CF. The van der Waals surface area contributed by atoms with Crippen LogP contribution in [0.1, 0.15) is 6.42 Å². The van der Waals surface area contributed by atoms with E-state index in [-0.39, 0.29) is 0 Å². The van der Waals surface area contributed by atoms with E-state index in [4.69, 9.17) is 4.55 Å². The summed E-state index contributed by atoms with van der Waals surface area (Å²) >= 11 is 0. The smallest absolute Gasteiger partial charge is 0.264 e. The number of alkyl halides is 5. The highest BCUT2D eigenvalue weighted by Gasteiger charge is 2.44. The van der Waals surface area contributed by atoms with E-state index in [1.807, 2.05) is 0 Å². The van der Waals surface area contributed by atoms with Crippen LogP contribution in [0.25, 0.3) is 0 Å².